The van der Waals surface area contributed by atoms with Crippen molar-refractivity contribution in [3.63, 3.8) is 0 Å². The first-order valence-electron chi connectivity index (χ1n) is 6.60. The van der Waals surface area contributed by atoms with Crippen LogP contribution in [0.25, 0.3) is 0 Å². The molecule has 1 aromatic rings. The summed E-state index contributed by atoms with van der Waals surface area (Å²) in [5, 5.41) is 10.4. The van der Waals surface area contributed by atoms with Crippen molar-refractivity contribution in [2.75, 3.05) is 7.11 Å². The number of thioether (sulfide) groups is 1. The van der Waals surface area contributed by atoms with Crippen LogP contribution in [0.5, 0.6) is 0 Å². The third-order valence-electron chi connectivity index (χ3n) is 3.73. The smallest absolute Gasteiger partial charge is 0.159 e. The zero-order valence-corrected chi connectivity index (χ0v) is 13.2. The number of nitrogens with zero attached hydrogens (tertiary/aromatic N) is 1. The molecule has 114 valence electrons. The van der Waals surface area contributed by atoms with E-state index in [-0.39, 0.29) is 29.3 Å². The lowest BCUT2D eigenvalue weighted by Gasteiger charge is -2.41. The van der Waals surface area contributed by atoms with Gasteiger partial charge in [0.2, 0.25) is 0 Å². The van der Waals surface area contributed by atoms with Crippen molar-refractivity contribution >= 4 is 23.4 Å². The fourth-order valence-electron chi connectivity index (χ4n) is 2.67. The molecule has 1 fully saturated rings. The van der Waals surface area contributed by atoms with Crippen LogP contribution in [0.2, 0.25) is 5.02 Å². The number of methoxy groups -OCH3 is 1. The molecular weight excluding hydrogens is 314 g/mol. The molecule has 0 radical (unpaired) electrons. The van der Waals surface area contributed by atoms with E-state index in [0.717, 1.165) is 4.90 Å². The van der Waals surface area contributed by atoms with Gasteiger partial charge in [-0.1, -0.05) is 30.3 Å². The molecule has 3 unspecified atom stereocenters. The lowest BCUT2D eigenvalue weighted by molar-refractivity contribution is -0.159. The Morgan fingerprint density at radius 1 is 1.43 bits per heavy atom. The van der Waals surface area contributed by atoms with Crippen LogP contribution in [-0.2, 0) is 14.2 Å². The Morgan fingerprint density at radius 3 is 2.95 bits per heavy atom. The first-order valence-corrected chi connectivity index (χ1v) is 7.86. The number of aromatic nitrogens is 1. The number of fused-ring (bicyclic) bond motifs is 1. The fourth-order valence-corrected chi connectivity index (χ4v) is 4.16. The summed E-state index contributed by atoms with van der Waals surface area (Å²) in [6.45, 7) is 2.03. The molecule has 0 spiro atoms. The van der Waals surface area contributed by atoms with E-state index >= 15 is 0 Å². The van der Waals surface area contributed by atoms with Crippen LogP contribution in [0, 0.1) is 5.92 Å². The Labute approximate surface area is 132 Å². The number of pyridine rings is 1. The fraction of sp³-hybridized carbons (Fsp3) is 0.500. The quantitative estimate of drug-likeness (QED) is 0.920. The Morgan fingerprint density at radius 2 is 2.24 bits per heavy atom. The second-order valence-corrected chi connectivity index (χ2v) is 6.69. The van der Waals surface area contributed by atoms with Crippen molar-refractivity contribution in [1.82, 2.24) is 4.98 Å². The van der Waals surface area contributed by atoms with E-state index in [2.05, 4.69) is 4.98 Å². The summed E-state index contributed by atoms with van der Waals surface area (Å²) in [6.07, 6.45) is 3.84. The van der Waals surface area contributed by atoms with Crippen LogP contribution in [0.15, 0.2) is 35.4 Å². The van der Waals surface area contributed by atoms with E-state index in [1.165, 1.54) is 18.0 Å². The van der Waals surface area contributed by atoms with Gasteiger partial charge in [0.1, 0.15) is 17.8 Å². The van der Waals surface area contributed by atoms with E-state index in [4.69, 9.17) is 25.8 Å². The number of hydrogen-bond donors (Lipinski definition) is 1. The van der Waals surface area contributed by atoms with E-state index in [1.54, 1.807) is 19.5 Å². The Bertz CT molecular complexity index is 556. The molecule has 0 amide bonds. The minimum atomic E-state index is -0.448. The van der Waals surface area contributed by atoms with Crippen LogP contribution in [0.4, 0.5) is 0 Å². The average Bonchev–Trinajstić information content (AvgIpc) is 2.81. The van der Waals surface area contributed by atoms with Gasteiger partial charge >= 0.3 is 0 Å². The predicted octanol–water partition coefficient (Wildman–Crippen LogP) is 3.00. The highest BCUT2D eigenvalue weighted by atomic mass is 35.5. The maximum atomic E-state index is 9.86. The second-order valence-electron chi connectivity index (χ2n) is 5.08. The molecule has 1 aromatic heterocycles. The molecule has 0 bridgehead atoms. The molecule has 1 N–H and O–H groups in total. The minimum absolute atomic E-state index is 0.0827. The summed E-state index contributed by atoms with van der Waals surface area (Å²) in [7, 11) is 1.65. The summed E-state index contributed by atoms with van der Waals surface area (Å²) >= 11 is 7.43. The summed E-state index contributed by atoms with van der Waals surface area (Å²) in [5.41, 5.74) is -0.274. The van der Waals surface area contributed by atoms with Crippen molar-refractivity contribution < 1.29 is 19.3 Å². The molecule has 0 aliphatic carbocycles. The topological polar surface area (TPSA) is 60.8 Å². The lowest BCUT2D eigenvalue weighted by atomic mass is 9.91. The Hall–Kier alpha value is -0.950. The second kappa shape index (κ2) is 6.04. The molecule has 5 atom stereocenters. The van der Waals surface area contributed by atoms with Gasteiger partial charge in [-0.15, -0.1) is 0 Å². The molecule has 21 heavy (non-hydrogen) atoms. The Balaban J connectivity index is 1.80. The van der Waals surface area contributed by atoms with Crippen molar-refractivity contribution in [3.05, 3.63) is 35.5 Å². The van der Waals surface area contributed by atoms with Crippen LogP contribution >= 0.6 is 23.4 Å². The normalized spacial score (nSPS) is 35.0. The van der Waals surface area contributed by atoms with Crippen LogP contribution < -0.4 is 0 Å². The SMILES string of the molecule is COC1C(C)[C@H]2OC=C(O)C2O[C@@H]1Sc1cncc(Cl)c1. The molecule has 2 aliphatic rings. The molecular formula is C14H16ClNO4S. The summed E-state index contributed by atoms with van der Waals surface area (Å²) in [6, 6.07) is 1.83. The highest BCUT2D eigenvalue weighted by Crippen LogP contribution is 2.41. The number of aliphatic hydroxyl groups excluding tert-OH is 1. The van der Waals surface area contributed by atoms with Gasteiger partial charge in [-0.05, 0) is 6.07 Å². The van der Waals surface area contributed by atoms with Gasteiger partial charge in [0.05, 0.1) is 11.1 Å². The van der Waals surface area contributed by atoms with Gasteiger partial charge in [0.25, 0.3) is 0 Å². The molecule has 1 saturated heterocycles. The zero-order chi connectivity index (χ0) is 15.0. The van der Waals surface area contributed by atoms with E-state index in [0.29, 0.717) is 5.02 Å². The zero-order valence-electron chi connectivity index (χ0n) is 11.6. The number of ether oxygens (including phenoxy) is 3. The maximum Gasteiger partial charge on any atom is 0.159 e. The first-order chi connectivity index (χ1) is 10.1. The van der Waals surface area contributed by atoms with Gasteiger partial charge in [-0.25, -0.2) is 0 Å². The highest BCUT2D eigenvalue weighted by Gasteiger charge is 2.49. The summed E-state index contributed by atoms with van der Waals surface area (Å²) in [5.74, 6) is 0.204. The van der Waals surface area contributed by atoms with Gasteiger partial charge in [0, 0.05) is 30.3 Å². The van der Waals surface area contributed by atoms with Crippen molar-refractivity contribution in [1.29, 1.82) is 0 Å². The predicted molar refractivity (Wildman–Crippen MR) is 79.3 cm³/mol. The number of hydrogen-bond acceptors (Lipinski definition) is 6. The number of halogens is 1. The third-order valence-corrected chi connectivity index (χ3v) is 5.04. The van der Waals surface area contributed by atoms with Gasteiger partial charge in [0.15, 0.2) is 11.9 Å². The van der Waals surface area contributed by atoms with E-state index in [1.807, 2.05) is 13.0 Å². The first kappa shape index (κ1) is 15.0. The molecule has 0 aromatic carbocycles. The highest BCUT2D eigenvalue weighted by molar-refractivity contribution is 7.99. The van der Waals surface area contributed by atoms with Crippen LogP contribution in [-0.4, -0.2) is 40.9 Å². The van der Waals surface area contributed by atoms with Crippen LogP contribution in [0.1, 0.15) is 6.92 Å². The lowest BCUT2D eigenvalue weighted by Crippen LogP contribution is -2.52. The third kappa shape index (κ3) is 2.85. The average molecular weight is 330 g/mol. The molecule has 3 heterocycles. The van der Waals surface area contributed by atoms with Crippen molar-refractivity contribution in [2.45, 2.75) is 35.6 Å². The monoisotopic (exact) mass is 329 g/mol. The number of aliphatic hydroxyl groups is 1. The number of rotatable bonds is 3. The van der Waals surface area contributed by atoms with Gasteiger partial charge in [-0.2, -0.15) is 0 Å². The molecule has 5 nitrogen and oxygen atoms in total. The van der Waals surface area contributed by atoms with Gasteiger partial charge < -0.3 is 19.3 Å². The molecule has 3 rings (SSSR count). The molecule has 0 saturated carbocycles. The summed E-state index contributed by atoms with van der Waals surface area (Å²) < 4.78 is 17.0. The van der Waals surface area contributed by atoms with E-state index < -0.39 is 6.10 Å². The molecule has 7 heteroatoms. The largest absolute Gasteiger partial charge is 0.506 e. The minimum Gasteiger partial charge on any atom is -0.506 e. The van der Waals surface area contributed by atoms with E-state index in [9.17, 15) is 5.11 Å². The maximum absolute atomic E-state index is 9.86. The van der Waals surface area contributed by atoms with Crippen LogP contribution in [0.3, 0.4) is 0 Å². The Kier molecular flexibility index (Phi) is 4.31. The molecule has 2 aliphatic heterocycles. The van der Waals surface area contributed by atoms with Crippen molar-refractivity contribution in [3.8, 4) is 0 Å². The summed E-state index contributed by atoms with van der Waals surface area (Å²) in [4.78, 5) is 4.96. The van der Waals surface area contributed by atoms with Gasteiger partial charge in [-0.3, -0.25) is 4.98 Å². The van der Waals surface area contributed by atoms with Crippen molar-refractivity contribution in [2.24, 2.45) is 5.92 Å². The standard InChI is InChI=1S/C14H16ClNO4S/c1-7-11-13(10(17)6-19-11)20-14(12(7)18-2)21-9-3-8(15)4-16-5-9/h3-7,11-14,17H,1-2H3/t7?,11-,12?,13?,14-/m1/s1.